The molecule has 0 heterocycles. The summed E-state index contributed by atoms with van der Waals surface area (Å²) in [7, 11) is 0. The fourth-order valence-corrected chi connectivity index (χ4v) is 2.00. The lowest BCUT2D eigenvalue weighted by molar-refractivity contribution is 0.101. The van der Waals surface area contributed by atoms with E-state index < -0.39 is 6.03 Å². The zero-order chi connectivity index (χ0) is 15.9. The van der Waals surface area contributed by atoms with Gasteiger partial charge in [0.2, 0.25) is 0 Å². The van der Waals surface area contributed by atoms with Crippen LogP contribution in [0.5, 0.6) is 0 Å². The van der Waals surface area contributed by atoms with Gasteiger partial charge < -0.3 is 10.6 Å². The van der Waals surface area contributed by atoms with E-state index in [9.17, 15) is 14.0 Å². The van der Waals surface area contributed by atoms with Crippen molar-refractivity contribution in [2.24, 2.45) is 0 Å². The first-order valence-corrected chi connectivity index (χ1v) is 6.95. The fourth-order valence-electron chi connectivity index (χ4n) is 2.00. The quantitative estimate of drug-likeness (QED) is 0.832. The number of anilines is 1. The SMILES string of the molecule is CC(=O)c1cccc(NC(=O)NCCc2ccccc2F)c1. The van der Waals surface area contributed by atoms with Crippen LogP contribution in [-0.4, -0.2) is 18.4 Å². The average molecular weight is 300 g/mol. The number of carbonyl (C=O) groups is 2. The van der Waals surface area contributed by atoms with Crippen LogP contribution in [-0.2, 0) is 6.42 Å². The summed E-state index contributed by atoms with van der Waals surface area (Å²) in [5.41, 5.74) is 1.63. The minimum atomic E-state index is -0.392. The van der Waals surface area contributed by atoms with Crippen molar-refractivity contribution in [1.82, 2.24) is 5.32 Å². The molecule has 0 unspecified atom stereocenters. The molecule has 2 amide bonds. The van der Waals surface area contributed by atoms with E-state index in [-0.39, 0.29) is 11.6 Å². The van der Waals surface area contributed by atoms with E-state index in [1.807, 2.05) is 0 Å². The van der Waals surface area contributed by atoms with E-state index >= 15 is 0 Å². The smallest absolute Gasteiger partial charge is 0.319 e. The number of amides is 2. The molecule has 0 aliphatic rings. The zero-order valence-electron chi connectivity index (χ0n) is 12.2. The summed E-state index contributed by atoms with van der Waals surface area (Å²) in [6.07, 6.45) is 0.410. The Kier molecular flexibility index (Phi) is 5.25. The Labute approximate surface area is 128 Å². The van der Waals surface area contributed by atoms with Crippen molar-refractivity contribution in [3.63, 3.8) is 0 Å². The number of hydrogen-bond acceptors (Lipinski definition) is 2. The van der Waals surface area contributed by atoms with Crippen LogP contribution < -0.4 is 10.6 Å². The Hall–Kier alpha value is -2.69. The summed E-state index contributed by atoms with van der Waals surface area (Å²) in [5.74, 6) is -0.345. The van der Waals surface area contributed by atoms with Crippen LogP contribution in [0.4, 0.5) is 14.9 Å². The molecule has 0 aliphatic carbocycles. The summed E-state index contributed by atoms with van der Waals surface area (Å²) >= 11 is 0. The van der Waals surface area contributed by atoms with Crippen molar-refractivity contribution in [2.75, 3.05) is 11.9 Å². The number of ketones is 1. The molecule has 5 heteroatoms. The Morgan fingerprint density at radius 1 is 1.09 bits per heavy atom. The highest BCUT2D eigenvalue weighted by molar-refractivity contribution is 5.96. The van der Waals surface area contributed by atoms with Crippen molar-refractivity contribution >= 4 is 17.5 Å². The maximum atomic E-state index is 13.4. The Bertz CT molecular complexity index is 686. The molecule has 0 aliphatic heterocycles. The molecule has 2 aromatic rings. The normalized spacial score (nSPS) is 10.1. The number of Topliss-reactive ketones (excluding diaryl/α,β-unsaturated/α-hetero) is 1. The highest BCUT2D eigenvalue weighted by atomic mass is 19.1. The molecule has 0 bridgehead atoms. The van der Waals surface area contributed by atoms with Gasteiger partial charge in [0.05, 0.1) is 0 Å². The van der Waals surface area contributed by atoms with Crippen LogP contribution in [0.25, 0.3) is 0 Å². The maximum Gasteiger partial charge on any atom is 0.319 e. The number of benzene rings is 2. The molecule has 2 N–H and O–H groups in total. The summed E-state index contributed by atoms with van der Waals surface area (Å²) in [6, 6.07) is 12.8. The zero-order valence-corrected chi connectivity index (χ0v) is 12.2. The van der Waals surface area contributed by atoms with Crippen LogP contribution in [0, 0.1) is 5.82 Å². The number of hydrogen-bond donors (Lipinski definition) is 2. The highest BCUT2D eigenvalue weighted by Gasteiger charge is 2.05. The van der Waals surface area contributed by atoms with Gasteiger partial charge in [-0.1, -0.05) is 30.3 Å². The first kappa shape index (κ1) is 15.7. The predicted molar refractivity (Wildman–Crippen MR) is 83.6 cm³/mol. The van der Waals surface area contributed by atoms with Gasteiger partial charge in [0.1, 0.15) is 5.82 Å². The van der Waals surface area contributed by atoms with Crippen molar-refractivity contribution in [3.8, 4) is 0 Å². The second kappa shape index (κ2) is 7.36. The van der Waals surface area contributed by atoms with Gasteiger partial charge in [0, 0.05) is 17.8 Å². The van der Waals surface area contributed by atoms with Gasteiger partial charge in [0.15, 0.2) is 5.78 Å². The van der Waals surface area contributed by atoms with Crippen molar-refractivity contribution < 1.29 is 14.0 Å². The van der Waals surface area contributed by atoms with Gasteiger partial charge in [-0.25, -0.2) is 9.18 Å². The van der Waals surface area contributed by atoms with E-state index in [1.165, 1.54) is 13.0 Å². The molecular weight excluding hydrogens is 283 g/mol. The van der Waals surface area contributed by atoms with Crippen LogP contribution in [0.2, 0.25) is 0 Å². The fraction of sp³-hybridized carbons (Fsp3) is 0.176. The molecule has 0 spiro atoms. The van der Waals surface area contributed by atoms with Gasteiger partial charge in [-0.2, -0.15) is 0 Å². The number of carbonyl (C=O) groups excluding carboxylic acids is 2. The lowest BCUT2D eigenvalue weighted by atomic mass is 10.1. The Morgan fingerprint density at radius 2 is 1.86 bits per heavy atom. The molecule has 0 saturated heterocycles. The molecule has 22 heavy (non-hydrogen) atoms. The van der Waals surface area contributed by atoms with Crippen LogP contribution >= 0.6 is 0 Å². The Balaban J connectivity index is 1.84. The van der Waals surface area contributed by atoms with E-state index in [2.05, 4.69) is 10.6 Å². The number of urea groups is 1. The average Bonchev–Trinajstić information content (AvgIpc) is 2.49. The van der Waals surface area contributed by atoms with Gasteiger partial charge in [-0.05, 0) is 37.1 Å². The number of rotatable bonds is 5. The van der Waals surface area contributed by atoms with Crippen molar-refractivity contribution in [3.05, 3.63) is 65.5 Å². The standard InChI is InChI=1S/C17H17FN2O2/c1-12(21)14-6-4-7-15(11-14)20-17(22)19-10-9-13-5-2-3-8-16(13)18/h2-8,11H,9-10H2,1H3,(H2,19,20,22). The molecule has 0 saturated carbocycles. The van der Waals surface area contributed by atoms with E-state index in [4.69, 9.17) is 0 Å². The largest absolute Gasteiger partial charge is 0.338 e. The molecule has 2 aromatic carbocycles. The molecule has 114 valence electrons. The van der Waals surface area contributed by atoms with Gasteiger partial charge in [0.25, 0.3) is 0 Å². The van der Waals surface area contributed by atoms with E-state index in [0.717, 1.165) is 0 Å². The van der Waals surface area contributed by atoms with Crippen molar-refractivity contribution in [2.45, 2.75) is 13.3 Å². The molecule has 0 fully saturated rings. The molecular formula is C17H17FN2O2. The second-order valence-corrected chi connectivity index (χ2v) is 4.86. The summed E-state index contributed by atoms with van der Waals surface area (Å²) in [6.45, 7) is 1.78. The third kappa shape index (κ3) is 4.41. The lowest BCUT2D eigenvalue weighted by Crippen LogP contribution is -2.30. The maximum absolute atomic E-state index is 13.4. The van der Waals surface area contributed by atoms with Crippen LogP contribution in [0.1, 0.15) is 22.8 Å². The summed E-state index contributed by atoms with van der Waals surface area (Å²) in [4.78, 5) is 23.0. The van der Waals surface area contributed by atoms with Crippen LogP contribution in [0.3, 0.4) is 0 Å². The third-order valence-corrected chi connectivity index (χ3v) is 3.16. The lowest BCUT2D eigenvalue weighted by Gasteiger charge is -2.09. The van der Waals surface area contributed by atoms with Crippen molar-refractivity contribution in [1.29, 1.82) is 0 Å². The number of halogens is 1. The summed E-state index contributed by atoms with van der Waals surface area (Å²) < 4.78 is 13.4. The minimum Gasteiger partial charge on any atom is -0.338 e. The van der Waals surface area contributed by atoms with Gasteiger partial charge in [-0.15, -0.1) is 0 Å². The minimum absolute atomic E-state index is 0.0661. The molecule has 0 radical (unpaired) electrons. The molecule has 0 atom stereocenters. The van der Waals surface area contributed by atoms with Gasteiger partial charge in [-0.3, -0.25) is 4.79 Å². The van der Waals surface area contributed by atoms with Crippen LogP contribution in [0.15, 0.2) is 48.5 Å². The summed E-state index contributed by atoms with van der Waals surface area (Å²) in [5, 5.41) is 5.30. The van der Waals surface area contributed by atoms with Gasteiger partial charge >= 0.3 is 6.03 Å². The number of nitrogens with one attached hydrogen (secondary N) is 2. The molecule has 0 aromatic heterocycles. The third-order valence-electron chi connectivity index (χ3n) is 3.16. The second-order valence-electron chi connectivity index (χ2n) is 4.86. The monoisotopic (exact) mass is 300 g/mol. The molecule has 2 rings (SSSR count). The van der Waals surface area contributed by atoms with E-state index in [0.29, 0.717) is 29.8 Å². The topological polar surface area (TPSA) is 58.2 Å². The predicted octanol–water partition coefficient (Wildman–Crippen LogP) is 3.39. The first-order chi connectivity index (χ1) is 10.6. The Morgan fingerprint density at radius 3 is 2.59 bits per heavy atom. The molecule has 4 nitrogen and oxygen atoms in total. The first-order valence-electron chi connectivity index (χ1n) is 6.95. The van der Waals surface area contributed by atoms with E-state index in [1.54, 1.807) is 42.5 Å². The highest BCUT2D eigenvalue weighted by Crippen LogP contribution is 2.11.